The lowest BCUT2D eigenvalue weighted by molar-refractivity contribution is 0.640. The van der Waals surface area contributed by atoms with Crippen molar-refractivity contribution in [3.05, 3.63) is 40.3 Å². The van der Waals surface area contributed by atoms with Crippen LogP contribution in [-0.2, 0) is 0 Å². The molecule has 2 heterocycles. The molecule has 7 heteroatoms. The summed E-state index contributed by atoms with van der Waals surface area (Å²) < 4.78 is 14.7. The standard InChI is InChI=1S/C12H9FN4S2/c13-10-8(2-1-7-3-4-18-11(7)10)5-15-17-12-16-9(14)6-19-12/h1-6H,14H2,(H,16,17). The molecular weight excluding hydrogens is 283 g/mol. The third-order valence-electron chi connectivity index (χ3n) is 2.48. The van der Waals surface area contributed by atoms with Gasteiger partial charge in [-0.2, -0.15) is 5.10 Å². The Morgan fingerprint density at radius 1 is 1.32 bits per heavy atom. The van der Waals surface area contributed by atoms with E-state index in [9.17, 15) is 4.39 Å². The molecule has 2 aromatic heterocycles. The van der Waals surface area contributed by atoms with Crippen LogP contribution in [0.1, 0.15) is 5.56 Å². The number of hydrazone groups is 1. The summed E-state index contributed by atoms with van der Waals surface area (Å²) in [4.78, 5) is 3.99. The van der Waals surface area contributed by atoms with Crippen molar-refractivity contribution >= 4 is 49.9 Å². The molecule has 0 fully saturated rings. The van der Waals surface area contributed by atoms with Gasteiger partial charge in [0, 0.05) is 10.9 Å². The van der Waals surface area contributed by atoms with Crippen LogP contribution in [0, 0.1) is 5.82 Å². The molecule has 0 aliphatic heterocycles. The monoisotopic (exact) mass is 292 g/mol. The number of nitrogens with zero attached hydrogens (tertiary/aromatic N) is 2. The number of anilines is 2. The van der Waals surface area contributed by atoms with Gasteiger partial charge in [0.1, 0.15) is 11.6 Å². The van der Waals surface area contributed by atoms with Gasteiger partial charge >= 0.3 is 0 Å². The number of aromatic nitrogens is 1. The van der Waals surface area contributed by atoms with Gasteiger partial charge in [-0.3, -0.25) is 5.43 Å². The minimum atomic E-state index is -0.253. The molecule has 3 aromatic rings. The third kappa shape index (κ3) is 2.42. The van der Waals surface area contributed by atoms with Crippen LogP contribution in [0.15, 0.2) is 34.1 Å². The zero-order valence-electron chi connectivity index (χ0n) is 9.63. The number of halogens is 1. The molecule has 0 aliphatic carbocycles. The molecule has 3 rings (SSSR count). The Morgan fingerprint density at radius 3 is 3.00 bits per heavy atom. The summed E-state index contributed by atoms with van der Waals surface area (Å²) in [5.74, 6) is 0.186. The highest BCUT2D eigenvalue weighted by molar-refractivity contribution is 7.17. The first kappa shape index (κ1) is 12.1. The van der Waals surface area contributed by atoms with Crippen LogP contribution >= 0.6 is 22.7 Å². The lowest BCUT2D eigenvalue weighted by Gasteiger charge is -1.98. The molecule has 0 saturated carbocycles. The molecule has 96 valence electrons. The summed E-state index contributed by atoms with van der Waals surface area (Å²) in [5, 5.41) is 9.01. The van der Waals surface area contributed by atoms with E-state index in [0.29, 0.717) is 21.2 Å². The molecule has 0 bridgehead atoms. The molecule has 0 amide bonds. The summed E-state index contributed by atoms with van der Waals surface area (Å²) in [6, 6.07) is 5.46. The topological polar surface area (TPSA) is 63.3 Å². The fourth-order valence-electron chi connectivity index (χ4n) is 1.61. The zero-order valence-corrected chi connectivity index (χ0v) is 11.3. The van der Waals surface area contributed by atoms with Crippen molar-refractivity contribution in [1.29, 1.82) is 0 Å². The summed E-state index contributed by atoms with van der Waals surface area (Å²) in [7, 11) is 0. The van der Waals surface area contributed by atoms with Gasteiger partial charge in [-0.05, 0) is 22.9 Å². The Morgan fingerprint density at radius 2 is 2.21 bits per heavy atom. The van der Waals surface area contributed by atoms with E-state index in [1.54, 1.807) is 11.4 Å². The Balaban J connectivity index is 1.82. The molecule has 0 spiro atoms. The van der Waals surface area contributed by atoms with Crippen molar-refractivity contribution in [1.82, 2.24) is 4.98 Å². The molecule has 0 atom stereocenters. The second kappa shape index (κ2) is 4.94. The average Bonchev–Trinajstić information content (AvgIpc) is 3.01. The van der Waals surface area contributed by atoms with Crippen molar-refractivity contribution in [2.24, 2.45) is 5.10 Å². The molecule has 4 nitrogen and oxygen atoms in total. The van der Waals surface area contributed by atoms with E-state index in [4.69, 9.17) is 5.73 Å². The van der Waals surface area contributed by atoms with E-state index in [0.717, 1.165) is 5.39 Å². The molecular formula is C12H9FN4S2. The zero-order chi connectivity index (χ0) is 13.2. The van der Waals surface area contributed by atoms with Crippen LogP contribution in [0.25, 0.3) is 10.1 Å². The predicted octanol–water partition coefficient (Wildman–Crippen LogP) is 3.53. The Labute approximate surface area is 116 Å². The molecule has 19 heavy (non-hydrogen) atoms. The Bertz CT molecular complexity index is 747. The summed E-state index contributed by atoms with van der Waals surface area (Å²) in [6.07, 6.45) is 1.44. The van der Waals surface area contributed by atoms with Gasteiger partial charge in [-0.15, -0.1) is 22.7 Å². The van der Waals surface area contributed by atoms with E-state index in [-0.39, 0.29) is 5.82 Å². The molecule has 0 radical (unpaired) electrons. The molecule has 0 aliphatic rings. The van der Waals surface area contributed by atoms with E-state index < -0.39 is 0 Å². The van der Waals surface area contributed by atoms with E-state index in [1.807, 2.05) is 17.5 Å². The second-order valence-corrected chi connectivity index (χ2v) is 5.53. The highest BCUT2D eigenvalue weighted by atomic mass is 32.1. The minimum absolute atomic E-state index is 0.253. The van der Waals surface area contributed by atoms with Crippen LogP contribution in [0.3, 0.4) is 0 Å². The maximum Gasteiger partial charge on any atom is 0.205 e. The van der Waals surface area contributed by atoms with Gasteiger partial charge < -0.3 is 5.73 Å². The van der Waals surface area contributed by atoms with Gasteiger partial charge in [0.2, 0.25) is 5.13 Å². The van der Waals surface area contributed by atoms with Gasteiger partial charge in [0.05, 0.1) is 10.9 Å². The molecule has 0 saturated heterocycles. The van der Waals surface area contributed by atoms with Crippen molar-refractivity contribution in [2.45, 2.75) is 0 Å². The normalized spacial score (nSPS) is 11.4. The Hall–Kier alpha value is -1.99. The maximum atomic E-state index is 14.1. The van der Waals surface area contributed by atoms with Crippen molar-refractivity contribution in [2.75, 3.05) is 11.2 Å². The van der Waals surface area contributed by atoms with Crippen molar-refractivity contribution in [3.63, 3.8) is 0 Å². The number of hydrogen-bond acceptors (Lipinski definition) is 6. The number of nitrogens with one attached hydrogen (secondary N) is 1. The van der Waals surface area contributed by atoms with Crippen LogP contribution in [0.5, 0.6) is 0 Å². The van der Waals surface area contributed by atoms with Crippen LogP contribution in [0.4, 0.5) is 15.3 Å². The first-order valence-electron chi connectivity index (χ1n) is 5.40. The van der Waals surface area contributed by atoms with Crippen molar-refractivity contribution in [3.8, 4) is 0 Å². The number of benzene rings is 1. The van der Waals surface area contributed by atoms with Crippen molar-refractivity contribution < 1.29 is 4.39 Å². The van der Waals surface area contributed by atoms with Gasteiger partial charge in [0.15, 0.2) is 0 Å². The fourth-order valence-corrected chi connectivity index (χ4v) is 3.00. The summed E-state index contributed by atoms with van der Waals surface area (Å²) >= 11 is 2.72. The first-order valence-corrected chi connectivity index (χ1v) is 7.16. The van der Waals surface area contributed by atoms with Crippen LogP contribution in [-0.4, -0.2) is 11.2 Å². The van der Waals surface area contributed by atoms with Gasteiger partial charge in [0.25, 0.3) is 0 Å². The smallest absolute Gasteiger partial charge is 0.205 e. The predicted molar refractivity (Wildman–Crippen MR) is 79.5 cm³/mol. The highest BCUT2D eigenvalue weighted by Gasteiger charge is 2.06. The number of rotatable bonds is 3. The number of thiazole rings is 1. The number of thiophene rings is 1. The van der Waals surface area contributed by atoms with E-state index in [2.05, 4.69) is 15.5 Å². The number of fused-ring (bicyclic) bond motifs is 1. The largest absolute Gasteiger partial charge is 0.383 e. The average molecular weight is 292 g/mol. The number of hydrogen-bond donors (Lipinski definition) is 2. The number of nitrogens with two attached hydrogens (primary N) is 1. The van der Waals surface area contributed by atoms with E-state index in [1.165, 1.54) is 28.9 Å². The second-order valence-electron chi connectivity index (χ2n) is 3.76. The van der Waals surface area contributed by atoms with Crippen LogP contribution in [0.2, 0.25) is 0 Å². The third-order valence-corrected chi connectivity index (χ3v) is 4.16. The van der Waals surface area contributed by atoms with Gasteiger partial charge in [-0.1, -0.05) is 6.07 Å². The lowest BCUT2D eigenvalue weighted by Crippen LogP contribution is -1.93. The molecule has 0 unspecified atom stereocenters. The number of nitrogen functional groups attached to an aromatic ring is 1. The lowest BCUT2D eigenvalue weighted by atomic mass is 10.2. The minimum Gasteiger partial charge on any atom is -0.383 e. The van der Waals surface area contributed by atoms with Gasteiger partial charge in [-0.25, -0.2) is 9.37 Å². The fraction of sp³-hybridized carbons (Fsp3) is 0. The maximum absolute atomic E-state index is 14.1. The highest BCUT2D eigenvalue weighted by Crippen LogP contribution is 2.25. The quantitative estimate of drug-likeness (QED) is 0.573. The summed E-state index contributed by atoms with van der Waals surface area (Å²) in [6.45, 7) is 0. The first-order chi connectivity index (χ1) is 9.24. The van der Waals surface area contributed by atoms with Crippen LogP contribution < -0.4 is 11.2 Å². The van der Waals surface area contributed by atoms with E-state index >= 15 is 0 Å². The molecule has 3 N–H and O–H groups in total. The Kier molecular flexibility index (Phi) is 3.14. The SMILES string of the molecule is Nc1csc(NN=Cc2ccc3ccsc3c2F)n1. The molecule has 1 aromatic carbocycles. The summed E-state index contributed by atoms with van der Waals surface area (Å²) in [5.41, 5.74) is 8.64.